The van der Waals surface area contributed by atoms with Gasteiger partial charge in [0.1, 0.15) is 17.1 Å². The van der Waals surface area contributed by atoms with E-state index < -0.39 is 0 Å². The Morgan fingerprint density at radius 3 is 2.68 bits per heavy atom. The van der Waals surface area contributed by atoms with E-state index in [4.69, 9.17) is 9.15 Å². The molecule has 3 aromatic rings. The number of hydrogen-bond acceptors (Lipinski definition) is 3. The number of ketones is 1. The van der Waals surface area contributed by atoms with Gasteiger partial charge in [-0.2, -0.15) is 0 Å². The van der Waals surface area contributed by atoms with E-state index >= 15 is 0 Å². The summed E-state index contributed by atoms with van der Waals surface area (Å²) >= 11 is 2.17. The van der Waals surface area contributed by atoms with E-state index in [1.165, 1.54) is 0 Å². The topological polar surface area (TPSA) is 39.4 Å². The number of ether oxygens (including phenoxy) is 1. The van der Waals surface area contributed by atoms with Crippen LogP contribution in [0.25, 0.3) is 11.0 Å². The molecule has 0 aliphatic carbocycles. The molecule has 0 spiro atoms. The van der Waals surface area contributed by atoms with Crippen LogP contribution in [-0.4, -0.2) is 12.9 Å². The molecule has 0 atom stereocenters. The first-order chi connectivity index (χ1) is 10.7. The second kappa shape index (κ2) is 6.12. The molecule has 112 valence electrons. The van der Waals surface area contributed by atoms with Gasteiger partial charge in [0.2, 0.25) is 0 Å². The lowest BCUT2D eigenvalue weighted by molar-refractivity contribution is 0.103. The van der Waals surface area contributed by atoms with Crippen LogP contribution in [0.2, 0.25) is 0 Å². The lowest BCUT2D eigenvalue weighted by Crippen LogP contribution is -2.04. The van der Waals surface area contributed by atoms with Crippen molar-refractivity contribution in [2.75, 3.05) is 7.11 Å². The zero-order valence-electron chi connectivity index (χ0n) is 12.4. The number of carbonyl (C=O) groups is 1. The van der Waals surface area contributed by atoms with Gasteiger partial charge in [0.05, 0.1) is 16.2 Å². The Morgan fingerprint density at radius 1 is 1.23 bits per heavy atom. The predicted octanol–water partition coefficient (Wildman–Crippen LogP) is 4.84. The molecule has 1 aromatic heterocycles. The number of furan rings is 1. The summed E-state index contributed by atoms with van der Waals surface area (Å²) in [5.74, 6) is 1.49. The van der Waals surface area contributed by atoms with Crippen molar-refractivity contribution in [3.8, 4) is 5.75 Å². The van der Waals surface area contributed by atoms with Crippen molar-refractivity contribution in [2.45, 2.75) is 13.3 Å². The first-order valence-electron chi connectivity index (χ1n) is 7.04. The van der Waals surface area contributed by atoms with E-state index in [1.807, 2.05) is 43.3 Å². The smallest absolute Gasteiger partial charge is 0.197 e. The van der Waals surface area contributed by atoms with Crippen molar-refractivity contribution < 1.29 is 13.9 Å². The summed E-state index contributed by atoms with van der Waals surface area (Å²) in [6, 6.07) is 13.1. The van der Waals surface area contributed by atoms with Crippen molar-refractivity contribution in [1.82, 2.24) is 0 Å². The van der Waals surface area contributed by atoms with Gasteiger partial charge in [-0.25, -0.2) is 0 Å². The number of methoxy groups -OCH3 is 1. The molecule has 4 heteroatoms. The molecular formula is C18H15IO3. The van der Waals surface area contributed by atoms with Crippen molar-refractivity contribution in [2.24, 2.45) is 0 Å². The van der Waals surface area contributed by atoms with Gasteiger partial charge in [0.15, 0.2) is 5.78 Å². The Bertz CT molecular complexity index is 849. The van der Waals surface area contributed by atoms with Gasteiger partial charge in [-0.05, 0) is 46.9 Å². The molecule has 0 aliphatic rings. The third kappa shape index (κ3) is 2.52. The number of para-hydroxylation sites is 1. The number of halogens is 1. The standard InChI is InChI=1S/C18H15IO3/c1-3-14-17(12-6-4-5-7-15(12)22-14)18(20)11-8-9-16(21-2)13(19)10-11/h4-10H,3H2,1-2H3. The highest BCUT2D eigenvalue weighted by Crippen LogP contribution is 2.30. The third-order valence-corrected chi connectivity index (χ3v) is 4.47. The molecule has 1 heterocycles. The average molecular weight is 406 g/mol. The molecule has 0 N–H and O–H groups in total. The molecule has 22 heavy (non-hydrogen) atoms. The lowest BCUT2D eigenvalue weighted by Gasteiger charge is -2.06. The fourth-order valence-corrected chi connectivity index (χ4v) is 3.28. The van der Waals surface area contributed by atoms with E-state index in [0.717, 1.165) is 26.0 Å². The van der Waals surface area contributed by atoms with E-state index in [-0.39, 0.29) is 5.78 Å². The largest absolute Gasteiger partial charge is 0.496 e. The molecule has 0 fully saturated rings. The maximum Gasteiger partial charge on any atom is 0.197 e. The summed E-state index contributed by atoms with van der Waals surface area (Å²) in [4.78, 5) is 12.9. The normalized spacial score (nSPS) is 10.9. The van der Waals surface area contributed by atoms with Gasteiger partial charge in [0, 0.05) is 17.4 Å². The van der Waals surface area contributed by atoms with Gasteiger partial charge >= 0.3 is 0 Å². The summed E-state index contributed by atoms with van der Waals surface area (Å²) in [5.41, 5.74) is 2.07. The predicted molar refractivity (Wildman–Crippen MR) is 94.7 cm³/mol. The first-order valence-corrected chi connectivity index (χ1v) is 8.12. The van der Waals surface area contributed by atoms with Crippen LogP contribution in [0.15, 0.2) is 46.9 Å². The molecule has 0 saturated heterocycles. The van der Waals surface area contributed by atoms with Crippen molar-refractivity contribution >= 4 is 39.3 Å². The van der Waals surface area contributed by atoms with Gasteiger partial charge in [-0.1, -0.05) is 25.1 Å². The summed E-state index contributed by atoms with van der Waals surface area (Å²) < 4.78 is 12.0. The number of benzene rings is 2. The molecule has 3 rings (SSSR count). The number of hydrogen-bond donors (Lipinski definition) is 0. The van der Waals surface area contributed by atoms with Gasteiger partial charge in [0.25, 0.3) is 0 Å². The zero-order valence-corrected chi connectivity index (χ0v) is 14.5. The van der Waals surface area contributed by atoms with Crippen molar-refractivity contribution in [3.05, 3.63) is 62.9 Å². The van der Waals surface area contributed by atoms with Gasteiger partial charge in [-0.3, -0.25) is 4.79 Å². The van der Waals surface area contributed by atoms with Crippen LogP contribution in [0.4, 0.5) is 0 Å². The fraction of sp³-hybridized carbons (Fsp3) is 0.167. The van der Waals surface area contributed by atoms with Crippen LogP contribution in [-0.2, 0) is 6.42 Å². The van der Waals surface area contributed by atoms with Crippen molar-refractivity contribution in [3.63, 3.8) is 0 Å². The second-order valence-corrected chi connectivity index (χ2v) is 6.09. The van der Waals surface area contributed by atoms with Gasteiger partial charge < -0.3 is 9.15 Å². The average Bonchev–Trinajstić information content (AvgIpc) is 2.92. The molecule has 0 bridgehead atoms. The third-order valence-electron chi connectivity index (χ3n) is 3.63. The number of rotatable bonds is 4. The minimum absolute atomic E-state index is 0.0117. The van der Waals surface area contributed by atoms with Gasteiger partial charge in [-0.15, -0.1) is 0 Å². The molecule has 0 saturated carbocycles. The Morgan fingerprint density at radius 2 is 2.00 bits per heavy atom. The SMILES string of the molecule is CCc1oc2ccccc2c1C(=O)c1ccc(OC)c(I)c1. The highest BCUT2D eigenvalue weighted by molar-refractivity contribution is 14.1. The van der Waals surface area contributed by atoms with Crippen molar-refractivity contribution in [1.29, 1.82) is 0 Å². The molecule has 0 unspecified atom stereocenters. The van der Waals surface area contributed by atoms with Crippen LogP contribution < -0.4 is 4.74 Å². The Kier molecular flexibility index (Phi) is 4.20. The van der Waals surface area contributed by atoms with Crippen LogP contribution in [0, 0.1) is 3.57 Å². The monoisotopic (exact) mass is 406 g/mol. The van der Waals surface area contributed by atoms with Crippen LogP contribution >= 0.6 is 22.6 Å². The Labute approximate surface area is 142 Å². The highest BCUT2D eigenvalue weighted by atomic mass is 127. The van der Waals surface area contributed by atoms with Crippen LogP contribution in [0.3, 0.4) is 0 Å². The molecule has 0 aliphatic heterocycles. The maximum absolute atomic E-state index is 12.9. The zero-order chi connectivity index (χ0) is 15.7. The maximum atomic E-state index is 12.9. The molecule has 2 aromatic carbocycles. The summed E-state index contributed by atoms with van der Waals surface area (Å²) in [5, 5.41) is 0.871. The lowest BCUT2D eigenvalue weighted by atomic mass is 9.99. The van der Waals surface area contributed by atoms with E-state index in [9.17, 15) is 4.79 Å². The Hall–Kier alpha value is -1.82. The minimum atomic E-state index is -0.0117. The highest BCUT2D eigenvalue weighted by Gasteiger charge is 2.21. The molecule has 0 amide bonds. The summed E-state index contributed by atoms with van der Waals surface area (Å²) in [6.07, 6.45) is 0.684. The van der Waals surface area contributed by atoms with E-state index in [2.05, 4.69) is 22.6 Å². The quantitative estimate of drug-likeness (QED) is 0.460. The number of aryl methyl sites for hydroxylation is 1. The fourth-order valence-electron chi connectivity index (χ4n) is 2.55. The first kappa shape index (κ1) is 15.1. The van der Waals surface area contributed by atoms with Crippen LogP contribution in [0.1, 0.15) is 28.6 Å². The Balaban J connectivity index is 2.14. The van der Waals surface area contributed by atoms with E-state index in [0.29, 0.717) is 17.5 Å². The number of fused-ring (bicyclic) bond motifs is 1. The molecular weight excluding hydrogens is 391 g/mol. The van der Waals surface area contributed by atoms with E-state index in [1.54, 1.807) is 13.2 Å². The molecule has 0 radical (unpaired) electrons. The second-order valence-electron chi connectivity index (χ2n) is 4.93. The van der Waals surface area contributed by atoms with Crippen LogP contribution in [0.5, 0.6) is 5.75 Å². The summed E-state index contributed by atoms with van der Waals surface area (Å²) in [7, 11) is 1.62. The molecule has 3 nitrogen and oxygen atoms in total. The number of carbonyl (C=O) groups excluding carboxylic acids is 1. The minimum Gasteiger partial charge on any atom is -0.496 e. The summed E-state index contributed by atoms with van der Waals surface area (Å²) in [6.45, 7) is 1.99.